The fourth-order valence-corrected chi connectivity index (χ4v) is 1.52. The maximum absolute atomic E-state index is 13.4. The zero-order valence-electron chi connectivity index (χ0n) is 10.4. The van der Waals surface area contributed by atoms with Crippen LogP contribution < -0.4 is 10.6 Å². The number of aromatic nitrogens is 2. The highest BCUT2D eigenvalue weighted by molar-refractivity contribution is 6.04. The summed E-state index contributed by atoms with van der Waals surface area (Å²) in [4.78, 5) is 19.6. The second kappa shape index (κ2) is 5.90. The molecule has 0 aliphatic heterocycles. The Morgan fingerprint density at radius 2 is 2.21 bits per heavy atom. The summed E-state index contributed by atoms with van der Waals surface area (Å²) in [5.74, 6) is -0.367. The van der Waals surface area contributed by atoms with Crippen molar-refractivity contribution in [1.29, 1.82) is 0 Å². The third-order valence-electron chi connectivity index (χ3n) is 2.40. The van der Waals surface area contributed by atoms with Gasteiger partial charge < -0.3 is 10.6 Å². The lowest BCUT2D eigenvalue weighted by atomic mass is 10.2. The average Bonchev–Trinajstić information content (AvgIpc) is 2.42. The number of pyridine rings is 2. The van der Waals surface area contributed by atoms with E-state index in [4.69, 9.17) is 0 Å². The van der Waals surface area contributed by atoms with Crippen LogP contribution in [0, 0.1) is 5.82 Å². The van der Waals surface area contributed by atoms with E-state index in [1.54, 1.807) is 12.1 Å². The first-order chi connectivity index (χ1) is 9.20. The Balaban J connectivity index is 2.16. The molecule has 6 heteroatoms. The lowest BCUT2D eigenvalue weighted by Gasteiger charge is -2.07. The van der Waals surface area contributed by atoms with E-state index < -0.39 is 11.7 Å². The number of hydrogen-bond acceptors (Lipinski definition) is 4. The van der Waals surface area contributed by atoms with Crippen LogP contribution in [0.1, 0.15) is 17.3 Å². The van der Waals surface area contributed by atoms with Gasteiger partial charge in [-0.3, -0.25) is 9.78 Å². The number of nitrogens with one attached hydrogen (secondary N) is 2. The quantitative estimate of drug-likeness (QED) is 0.885. The summed E-state index contributed by atoms with van der Waals surface area (Å²) in [6, 6.07) is 4.58. The number of carbonyl (C=O) groups excluding carboxylic acids is 1. The first-order valence-corrected chi connectivity index (χ1v) is 5.81. The molecule has 2 heterocycles. The van der Waals surface area contributed by atoms with Crippen molar-refractivity contribution < 1.29 is 9.18 Å². The molecule has 0 spiro atoms. The first kappa shape index (κ1) is 12.9. The van der Waals surface area contributed by atoms with E-state index in [2.05, 4.69) is 20.6 Å². The Bertz CT molecular complexity index is 588. The molecule has 0 aliphatic carbocycles. The maximum atomic E-state index is 13.4. The minimum Gasteiger partial charge on any atom is -0.370 e. The largest absolute Gasteiger partial charge is 0.370 e. The molecule has 0 fully saturated rings. The SMILES string of the molecule is CCNc1cc(C(=O)Nc2ccncc2F)ccn1. The Morgan fingerprint density at radius 1 is 1.37 bits per heavy atom. The van der Waals surface area contributed by atoms with E-state index in [1.165, 1.54) is 18.5 Å². The number of rotatable bonds is 4. The van der Waals surface area contributed by atoms with E-state index in [1.807, 2.05) is 6.92 Å². The van der Waals surface area contributed by atoms with E-state index in [0.29, 0.717) is 17.9 Å². The summed E-state index contributed by atoms with van der Waals surface area (Å²) in [7, 11) is 0. The predicted octanol–water partition coefficient (Wildman–Crippen LogP) is 2.30. The molecule has 0 radical (unpaired) electrons. The Morgan fingerprint density at radius 3 is 2.95 bits per heavy atom. The van der Waals surface area contributed by atoms with Gasteiger partial charge in [0.05, 0.1) is 11.9 Å². The van der Waals surface area contributed by atoms with Crippen molar-refractivity contribution in [2.45, 2.75) is 6.92 Å². The van der Waals surface area contributed by atoms with Gasteiger partial charge in [-0.2, -0.15) is 0 Å². The Kier molecular flexibility index (Phi) is 4.02. The Hall–Kier alpha value is -2.50. The molecule has 0 aliphatic rings. The highest BCUT2D eigenvalue weighted by atomic mass is 19.1. The minimum absolute atomic E-state index is 0.0989. The normalized spacial score (nSPS) is 10.0. The van der Waals surface area contributed by atoms with Gasteiger partial charge in [-0.05, 0) is 25.1 Å². The van der Waals surface area contributed by atoms with Crippen LogP contribution in [0.4, 0.5) is 15.9 Å². The van der Waals surface area contributed by atoms with Gasteiger partial charge in [0, 0.05) is 24.5 Å². The van der Waals surface area contributed by atoms with Gasteiger partial charge in [-0.1, -0.05) is 0 Å². The van der Waals surface area contributed by atoms with Crippen molar-refractivity contribution in [3.8, 4) is 0 Å². The number of amides is 1. The summed E-state index contributed by atoms with van der Waals surface area (Å²) in [6.07, 6.45) is 3.98. The van der Waals surface area contributed by atoms with Crippen LogP contribution in [-0.4, -0.2) is 22.4 Å². The highest BCUT2D eigenvalue weighted by Gasteiger charge is 2.09. The molecule has 0 atom stereocenters. The maximum Gasteiger partial charge on any atom is 0.255 e. The average molecular weight is 260 g/mol. The van der Waals surface area contributed by atoms with Gasteiger partial charge in [-0.25, -0.2) is 9.37 Å². The molecule has 2 rings (SSSR count). The number of halogens is 1. The fourth-order valence-electron chi connectivity index (χ4n) is 1.52. The van der Waals surface area contributed by atoms with E-state index in [9.17, 15) is 9.18 Å². The smallest absolute Gasteiger partial charge is 0.255 e. The molecule has 0 saturated heterocycles. The molecule has 98 valence electrons. The molecule has 2 aromatic rings. The molecule has 0 saturated carbocycles. The monoisotopic (exact) mass is 260 g/mol. The fraction of sp³-hybridized carbons (Fsp3) is 0.154. The molecule has 1 amide bonds. The van der Waals surface area contributed by atoms with Crippen molar-refractivity contribution >= 4 is 17.4 Å². The van der Waals surface area contributed by atoms with Crippen LogP contribution in [-0.2, 0) is 0 Å². The first-order valence-electron chi connectivity index (χ1n) is 5.81. The number of hydrogen-bond donors (Lipinski definition) is 2. The van der Waals surface area contributed by atoms with Crippen molar-refractivity contribution in [3.63, 3.8) is 0 Å². The van der Waals surface area contributed by atoms with E-state index >= 15 is 0 Å². The second-order valence-electron chi connectivity index (χ2n) is 3.77. The lowest BCUT2D eigenvalue weighted by molar-refractivity contribution is 0.102. The van der Waals surface area contributed by atoms with Crippen molar-refractivity contribution in [2.24, 2.45) is 0 Å². The number of nitrogens with zero attached hydrogens (tertiary/aromatic N) is 2. The molecule has 2 N–H and O–H groups in total. The van der Waals surface area contributed by atoms with E-state index in [0.717, 1.165) is 6.20 Å². The van der Waals surface area contributed by atoms with Gasteiger partial charge in [-0.15, -0.1) is 0 Å². The van der Waals surface area contributed by atoms with Crippen LogP contribution in [0.5, 0.6) is 0 Å². The Labute approximate surface area is 109 Å². The zero-order valence-corrected chi connectivity index (χ0v) is 10.4. The summed E-state index contributed by atoms with van der Waals surface area (Å²) in [5.41, 5.74) is 0.504. The predicted molar refractivity (Wildman–Crippen MR) is 70.5 cm³/mol. The van der Waals surface area contributed by atoms with Crippen LogP contribution in [0.15, 0.2) is 36.8 Å². The van der Waals surface area contributed by atoms with Crippen LogP contribution >= 0.6 is 0 Å². The van der Waals surface area contributed by atoms with Gasteiger partial charge in [0.1, 0.15) is 5.82 Å². The molecular weight excluding hydrogens is 247 g/mol. The van der Waals surface area contributed by atoms with Crippen molar-refractivity contribution in [1.82, 2.24) is 9.97 Å². The molecule has 0 aromatic carbocycles. The van der Waals surface area contributed by atoms with Gasteiger partial charge >= 0.3 is 0 Å². The van der Waals surface area contributed by atoms with Gasteiger partial charge in [0.25, 0.3) is 5.91 Å². The molecular formula is C13H13FN4O. The van der Waals surface area contributed by atoms with Crippen molar-refractivity contribution in [2.75, 3.05) is 17.2 Å². The highest BCUT2D eigenvalue weighted by Crippen LogP contribution is 2.13. The summed E-state index contributed by atoms with van der Waals surface area (Å²) >= 11 is 0. The van der Waals surface area contributed by atoms with Crippen LogP contribution in [0.25, 0.3) is 0 Å². The topological polar surface area (TPSA) is 66.9 Å². The molecule has 0 unspecified atom stereocenters. The number of anilines is 2. The third-order valence-corrected chi connectivity index (χ3v) is 2.40. The summed E-state index contributed by atoms with van der Waals surface area (Å²) in [5, 5.41) is 5.49. The van der Waals surface area contributed by atoms with Gasteiger partial charge in [0.2, 0.25) is 0 Å². The zero-order chi connectivity index (χ0) is 13.7. The summed E-state index contributed by atoms with van der Waals surface area (Å²) < 4.78 is 13.4. The molecule has 19 heavy (non-hydrogen) atoms. The third kappa shape index (κ3) is 3.25. The molecule has 2 aromatic heterocycles. The van der Waals surface area contributed by atoms with Gasteiger partial charge in [0.15, 0.2) is 5.82 Å². The molecule has 5 nitrogen and oxygen atoms in total. The number of carbonyl (C=O) groups is 1. The van der Waals surface area contributed by atoms with Crippen molar-refractivity contribution in [3.05, 3.63) is 48.2 Å². The van der Waals surface area contributed by atoms with E-state index in [-0.39, 0.29) is 5.69 Å². The standard InChI is InChI=1S/C13H13FN4O/c1-2-16-12-7-9(3-6-17-12)13(19)18-11-4-5-15-8-10(11)14/h3-8H,2H2,1H3,(H,16,17)(H,15,18,19). The van der Waals surface area contributed by atoms with Crippen LogP contribution in [0.3, 0.4) is 0 Å². The second-order valence-corrected chi connectivity index (χ2v) is 3.77. The summed E-state index contributed by atoms with van der Waals surface area (Å²) in [6.45, 7) is 2.64. The van der Waals surface area contributed by atoms with Crippen LogP contribution in [0.2, 0.25) is 0 Å². The molecule has 0 bridgehead atoms. The lowest BCUT2D eigenvalue weighted by Crippen LogP contribution is -2.13. The minimum atomic E-state index is -0.572.